The minimum atomic E-state index is -0.356. The molecular formula is C17H26FNO2. The van der Waals surface area contributed by atoms with Crippen molar-refractivity contribution in [2.45, 2.75) is 51.7 Å². The average molecular weight is 295 g/mol. The highest BCUT2D eigenvalue weighted by atomic mass is 19.1. The van der Waals surface area contributed by atoms with Crippen molar-refractivity contribution < 1.29 is 13.9 Å². The SMILES string of the molecule is COc1ccc(COC2(CN)CCC(C)(C)CC2)cc1F. The summed E-state index contributed by atoms with van der Waals surface area (Å²) in [5.41, 5.74) is 6.87. The molecule has 3 nitrogen and oxygen atoms in total. The summed E-state index contributed by atoms with van der Waals surface area (Å²) in [5, 5.41) is 0. The van der Waals surface area contributed by atoms with Crippen molar-refractivity contribution in [2.24, 2.45) is 11.1 Å². The second-order valence-corrected chi connectivity index (χ2v) is 6.81. The first-order valence-electron chi connectivity index (χ1n) is 7.56. The Morgan fingerprint density at radius 1 is 1.19 bits per heavy atom. The highest BCUT2D eigenvalue weighted by molar-refractivity contribution is 5.28. The number of hydrogen-bond acceptors (Lipinski definition) is 3. The largest absolute Gasteiger partial charge is 0.494 e. The number of nitrogens with two attached hydrogens (primary N) is 1. The Balaban J connectivity index is 1.99. The van der Waals surface area contributed by atoms with Gasteiger partial charge >= 0.3 is 0 Å². The molecule has 0 radical (unpaired) electrons. The standard InChI is InChI=1S/C17H26FNO2/c1-16(2)6-8-17(12-19,9-7-16)21-11-13-4-5-15(20-3)14(18)10-13/h4-5,10H,6-9,11-12,19H2,1-3H3. The summed E-state index contributed by atoms with van der Waals surface area (Å²) in [6.45, 7) is 5.47. The van der Waals surface area contributed by atoms with Gasteiger partial charge in [0, 0.05) is 6.54 Å². The van der Waals surface area contributed by atoms with E-state index in [4.69, 9.17) is 15.2 Å². The number of rotatable bonds is 5. The maximum atomic E-state index is 13.7. The topological polar surface area (TPSA) is 44.5 Å². The zero-order valence-electron chi connectivity index (χ0n) is 13.2. The molecule has 118 valence electrons. The summed E-state index contributed by atoms with van der Waals surface area (Å²) in [6, 6.07) is 4.93. The third-order valence-corrected chi connectivity index (χ3v) is 4.65. The van der Waals surface area contributed by atoms with Crippen LogP contribution in [0.3, 0.4) is 0 Å². The monoisotopic (exact) mass is 295 g/mol. The molecule has 1 aliphatic rings. The van der Waals surface area contributed by atoms with Crippen LogP contribution in [0.4, 0.5) is 4.39 Å². The molecule has 2 N–H and O–H groups in total. The van der Waals surface area contributed by atoms with Crippen LogP contribution in [0.2, 0.25) is 0 Å². The lowest BCUT2D eigenvalue weighted by Gasteiger charge is -2.42. The van der Waals surface area contributed by atoms with E-state index in [1.165, 1.54) is 13.2 Å². The average Bonchev–Trinajstić information content (AvgIpc) is 2.47. The highest BCUT2D eigenvalue weighted by Crippen LogP contribution is 2.41. The fourth-order valence-electron chi connectivity index (χ4n) is 2.83. The predicted molar refractivity (Wildman–Crippen MR) is 81.8 cm³/mol. The Kier molecular flexibility index (Phi) is 4.89. The Labute approximate surface area is 126 Å². The van der Waals surface area contributed by atoms with E-state index in [9.17, 15) is 4.39 Å². The van der Waals surface area contributed by atoms with Crippen LogP contribution in [0.1, 0.15) is 45.1 Å². The lowest BCUT2D eigenvalue weighted by atomic mass is 9.71. The van der Waals surface area contributed by atoms with Crippen molar-refractivity contribution >= 4 is 0 Å². The zero-order chi connectivity index (χ0) is 15.5. The molecule has 1 aromatic carbocycles. The van der Waals surface area contributed by atoms with E-state index in [-0.39, 0.29) is 17.2 Å². The molecule has 0 aromatic heterocycles. The van der Waals surface area contributed by atoms with Crippen molar-refractivity contribution in [1.82, 2.24) is 0 Å². The molecule has 0 amide bonds. The normalized spacial score (nSPS) is 20.2. The molecule has 0 heterocycles. The van der Waals surface area contributed by atoms with Crippen LogP contribution in [0, 0.1) is 11.2 Å². The quantitative estimate of drug-likeness (QED) is 0.902. The third-order valence-electron chi connectivity index (χ3n) is 4.65. The maximum absolute atomic E-state index is 13.7. The second-order valence-electron chi connectivity index (χ2n) is 6.81. The summed E-state index contributed by atoms with van der Waals surface area (Å²) in [5.74, 6) is -0.100. The second kappa shape index (κ2) is 6.32. The summed E-state index contributed by atoms with van der Waals surface area (Å²) < 4.78 is 24.7. The van der Waals surface area contributed by atoms with E-state index in [0.29, 0.717) is 18.6 Å². The molecule has 0 atom stereocenters. The van der Waals surface area contributed by atoms with E-state index < -0.39 is 0 Å². The smallest absolute Gasteiger partial charge is 0.165 e. The van der Waals surface area contributed by atoms with Crippen LogP contribution in [-0.4, -0.2) is 19.3 Å². The molecule has 0 saturated heterocycles. The Bertz CT molecular complexity index is 478. The van der Waals surface area contributed by atoms with E-state index in [2.05, 4.69) is 13.8 Å². The molecule has 4 heteroatoms. The lowest BCUT2D eigenvalue weighted by molar-refractivity contribution is -0.0904. The predicted octanol–water partition coefficient (Wildman–Crippen LogP) is 3.65. The van der Waals surface area contributed by atoms with Crippen LogP contribution < -0.4 is 10.5 Å². The number of benzene rings is 1. The van der Waals surface area contributed by atoms with E-state index in [1.54, 1.807) is 6.07 Å². The van der Waals surface area contributed by atoms with Crippen molar-refractivity contribution in [3.05, 3.63) is 29.6 Å². The molecule has 0 unspecified atom stereocenters. The molecule has 0 aliphatic heterocycles. The maximum Gasteiger partial charge on any atom is 0.165 e. The first-order valence-corrected chi connectivity index (χ1v) is 7.56. The minimum Gasteiger partial charge on any atom is -0.494 e. The Hall–Kier alpha value is -1.13. The van der Waals surface area contributed by atoms with Gasteiger partial charge in [0.05, 0.1) is 19.3 Å². The Morgan fingerprint density at radius 3 is 2.38 bits per heavy atom. The first-order chi connectivity index (χ1) is 9.90. The number of methoxy groups -OCH3 is 1. The highest BCUT2D eigenvalue weighted by Gasteiger charge is 2.38. The van der Waals surface area contributed by atoms with Gasteiger partial charge in [-0.05, 0) is 48.8 Å². The molecule has 21 heavy (non-hydrogen) atoms. The third kappa shape index (κ3) is 3.95. The molecule has 2 rings (SSSR count). The summed E-state index contributed by atoms with van der Waals surface area (Å²) in [7, 11) is 1.46. The van der Waals surface area contributed by atoms with E-state index in [1.807, 2.05) is 6.07 Å². The minimum absolute atomic E-state index is 0.256. The van der Waals surface area contributed by atoms with Crippen molar-refractivity contribution in [3.63, 3.8) is 0 Å². The van der Waals surface area contributed by atoms with Gasteiger partial charge in [0.2, 0.25) is 0 Å². The molecule has 1 aliphatic carbocycles. The zero-order valence-corrected chi connectivity index (χ0v) is 13.2. The van der Waals surface area contributed by atoms with Gasteiger partial charge < -0.3 is 15.2 Å². The van der Waals surface area contributed by atoms with Crippen molar-refractivity contribution in [2.75, 3.05) is 13.7 Å². The van der Waals surface area contributed by atoms with E-state index >= 15 is 0 Å². The Morgan fingerprint density at radius 2 is 1.86 bits per heavy atom. The van der Waals surface area contributed by atoms with Crippen molar-refractivity contribution in [3.8, 4) is 5.75 Å². The fourth-order valence-corrected chi connectivity index (χ4v) is 2.83. The lowest BCUT2D eigenvalue weighted by Crippen LogP contribution is -2.45. The van der Waals surface area contributed by atoms with Gasteiger partial charge in [0.15, 0.2) is 11.6 Å². The van der Waals surface area contributed by atoms with Gasteiger partial charge in [0.1, 0.15) is 0 Å². The first kappa shape index (κ1) is 16.2. The van der Waals surface area contributed by atoms with Crippen LogP contribution >= 0.6 is 0 Å². The van der Waals surface area contributed by atoms with Gasteiger partial charge in [-0.15, -0.1) is 0 Å². The summed E-state index contributed by atoms with van der Waals surface area (Å²) in [6.07, 6.45) is 4.16. The van der Waals surface area contributed by atoms with Crippen LogP contribution in [0.5, 0.6) is 5.75 Å². The number of ether oxygens (including phenoxy) is 2. The van der Waals surface area contributed by atoms with Crippen molar-refractivity contribution in [1.29, 1.82) is 0 Å². The fraction of sp³-hybridized carbons (Fsp3) is 0.647. The molecule has 1 aromatic rings. The molecule has 1 saturated carbocycles. The number of hydrogen-bond donors (Lipinski definition) is 1. The van der Waals surface area contributed by atoms with Gasteiger partial charge in [0.25, 0.3) is 0 Å². The summed E-state index contributed by atoms with van der Waals surface area (Å²) >= 11 is 0. The van der Waals surface area contributed by atoms with E-state index in [0.717, 1.165) is 31.2 Å². The number of halogens is 1. The molecule has 1 fully saturated rings. The van der Waals surface area contributed by atoms with Gasteiger partial charge in [-0.1, -0.05) is 19.9 Å². The van der Waals surface area contributed by atoms with Gasteiger partial charge in [-0.25, -0.2) is 4.39 Å². The summed E-state index contributed by atoms with van der Waals surface area (Å²) in [4.78, 5) is 0. The molecular weight excluding hydrogens is 269 g/mol. The van der Waals surface area contributed by atoms with Gasteiger partial charge in [-0.2, -0.15) is 0 Å². The van der Waals surface area contributed by atoms with Gasteiger partial charge in [-0.3, -0.25) is 0 Å². The van der Waals surface area contributed by atoms with Crippen LogP contribution in [0.25, 0.3) is 0 Å². The van der Waals surface area contributed by atoms with Crippen LogP contribution in [0.15, 0.2) is 18.2 Å². The van der Waals surface area contributed by atoms with Crippen LogP contribution in [-0.2, 0) is 11.3 Å². The molecule has 0 spiro atoms. The molecule has 0 bridgehead atoms.